The van der Waals surface area contributed by atoms with Crippen molar-refractivity contribution in [1.82, 2.24) is 20.5 Å². The van der Waals surface area contributed by atoms with Crippen LogP contribution in [0.25, 0.3) is 16.3 Å². The number of rotatable bonds is 2. The first-order chi connectivity index (χ1) is 8.74. The number of nitrogens with one attached hydrogen (secondary N) is 1. The molecule has 0 aliphatic rings. The van der Waals surface area contributed by atoms with Crippen molar-refractivity contribution in [3.05, 3.63) is 41.2 Å². The first kappa shape index (κ1) is 13.8. The number of aromatic amines is 1. The summed E-state index contributed by atoms with van der Waals surface area (Å²) in [6.07, 6.45) is 1.64. The van der Waals surface area contributed by atoms with E-state index >= 15 is 0 Å². The molecule has 2 heterocycles. The highest BCUT2D eigenvalue weighted by Crippen LogP contribution is 2.27. The maximum atomic E-state index is 4.57. The van der Waals surface area contributed by atoms with Crippen molar-refractivity contribution < 1.29 is 21.7 Å². The predicted molar refractivity (Wildman–Crippen MR) is 68.5 cm³/mol. The fourth-order valence-corrected chi connectivity index (χ4v) is 2.60. The molecule has 19 heavy (non-hydrogen) atoms. The zero-order valence-electron chi connectivity index (χ0n) is 10.5. The number of H-pyrrole nitrogens is 1. The molecule has 5 nitrogen and oxygen atoms in total. The van der Waals surface area contributed by atoms with Crippen molar-refractivity contribution in [2.24, 2.45) is 0 Å². The molecule has 0 fully saturated rings. The van der Waals surface area contributed by atoms with Crippen LogP contribution in [-0.2, 0) is 0 Å². The number of aryl methyl sites for hydroxylation is 2. The van der Waals surface area contributed by atoms with Gasteiger partial charge in [-0.2, -0.15) is 0 Å². The van der Waals surface area contributed by atoms with Crippen LogP contribution in [0.2, 0.25) is 0 Å². The molecule has 0 radical (unpaired) electrons. The van der Waals surface area contributed by atoms with Crippen LogP contribution in [0.5, 0.6) is 0 Å². The summed E-state index contributed by atoms with van der Waals surface area (Å²) < 4.78 is 1.76. The molecule has 0 saturated heterocycles. The molecular formula is C12H12BrN5S. The largest absolute Gasteiger partial charge is 1.00 e. The molecule has 3 aromatic rings. The third-order valence-electron chi connectivity index (χ3n) is 2.78. The van der Waals surface area contributed by atoms with E-state index in [-0.39, 0.29) is 17.0 Å². The molecule has 0 saturated carbocycles. The Labute approximate surface area is 125 Å². The Hall–Kier alpha value is -1.60. The Morgan fingerprint density at radius 2 is 2.11 bits per heavy atom. The van der Waals surface area contributed by atoms with Gasteiger partial charge in [0.15, 0.2) is 5.21 Å². The van der Waals surface area contributed by atoms with Gasteiger partial charge in [0.2, 0.25) is 0 Å². The summed E-state index contributed by atoms with van der Waals surface area (Å²) in [5, 5.41) is 11.3. The van der Waals surface area contributed by atoms with Gasteiger partial charge >= 0.3 is 0 Å². The number of benzene rings is 1. The summed E-state index contributed by atoms with van der Waals surface area (Å²) in [5.74, 6) is 0. The molecule has 98 valence electrons. The number of nitrogens with zero attached hydrogens (tertiary/aromatic N) is 4. The van der Waals surface area contributed by atoms with Crippen LogP contribution in [0.4, 0.5) is 0 Å². The quantitative estimate of drug-likeness (QED) is 0.599. The summed E-state index contributed by atoms with van der Waals surface area (Å²) in [5.41, 5.74) is 3.19. The van der Waals surface area contributed by atoms with E-state index < -0.39 is 0 Å². The number of halogens is 1. The molecule has 0 unspecified atom stereocenters. The number of thiazole rings is 1. The lowest BCUT2D eigenvalue weighted by Crippen LogP contribution is -3.00. The lowest BCUT2D eigenvalue weighted by atomic mass is 10.2. The van der Waals surface area contributed by atoms with Crippen LogP contribution in [0, 0.1) is 13.8 Å². The Morgan fingerprint density at radius 3 is 2.74 bits per heavy atom. The van der Waals surface area contributed by atoms with E-state index in [0.717, 1.165) is 22.0 Å². The van der Waals surface area contributed by atoms with Crippen molar-refractivity contribution in [1.29, 1.82) is 0 Å². The van der Waals surface area contributed by atoms with Gasteiger partial charge in [-0.05, 0) is 26.0 Å². The molecule has 1 aromatic carbocycles. The lowest BCUT2D eigenvalue weighted by molar-refractivity contribution is -0.660. The molecule has 7 heteroatoms. The minimum Gasteiger partial charge on any atom is -1.00 e. The van der Waals surface area contributed by atoms with Crippen molar-refractivity contribution in [2.75, 3.05) is 0 Å². The van der Waals surface area contributed by atoms with Crippen LogP contribution in [0.3, 0.4) is 0 Å². The van der Waals surface area contributed by atoms with E-state index in [4.69, 9.17) is 0 Å². The second kappa shape index (κ2) is 5.58. The zero-order valence-corrected chi connectivity index (χ0v) is 12.9. The second-order valence-corrected chi connectivity index (χ2v) is 5.22. The molecule has 0 atom stereocenters. The first-order valence-corrected chi connectivity index (χ1v) is 6.38. The van der Waals surface area contributed by atoms with E-state index in [1.807, 2.05) is 19.1 Å². The highest BCUT2D eigenvalue weighted by molar-refractivity contribution is 7.15. The third-order valence-corrected chi connectivity index (χ3v) is 3.90. The highest BCUT2D eigenvalue weighted by Gasteiger charge is 2.09. The first-order valence-electron chi connectivity index (χ1n) is 5.56. The van der Waals surface area contributed by atoms with E-state index in [1.54, 1.807) is 22.3 Å². The number of aromatic nitrogens is 5. The van der Waals surface area contributed by atoms with Crippen LogP contribution in [0.15, 0.2) is 30.6 Å². The van der Waals surface area contributed by atoms with E-state index in [1.165, 1.54) is 4.88 Å². The maximum absolute atomic E-state index is 4.57. The summed E-state index contributed by atoms with van der Waals surface area (Å²) in [7, 11) is 0. The topological polar surface area (TPSA) is 58.3 Å². The van der Waals surface area contributed by atoms with Crippen LogP contribution in [-0.4, -0.2) is 20.5 Å². The van der Waals surface area contributed by atoms with Gasteiger partial charge in [0, 0.05) is 10.4 Å². The fourth-order valence-electron chi connectivity index (χ4n) is 1.69. The van der Waals surface area contributed by atoms with Crippen LogP contribution in [0.1, 0.15) is 10.6 Å². The maximum Gasteiger partial charge on any atom is 0.293 e. The number of tetrazole rings is 1. The molecule has 0 aliphatic carbocycles. The zero-order chi connectivity index (χ0) is 12.5. The van der Waals surface area contributed by atoms with E-state index in [2.05, 4.69) is 39.6 Å². The highest BCUT2D eigenvalue weighted by atomic mass is 79.9. The van der Waals surface area contributed by atoms with Crippen molar-refractivity contribution in [2.45, 2.75) is 13.8 Å². The van der Waals surface area contributed by atoms with Gasteiger partial charge in [0.05, 0.1) is 5.69 Å². The predicted octanol–water partition coefficient (Wildman–Crippen LogP) is -1.17. The Bertz CT molecular complexity index is 658. The minimum absolute atomic E-state index is 0. The average Bonchev–Trinajstić information content (AvgIpc) is 3.01. The standard InChI is InChI=1S/C12H11N5S.BrH/c1-8-9(2)18-12(14-8)10-4-3-5-11(6-10)17-7-13-15-16-17;/h3-7H,1-2H3;1H. The molecular weight excluding hydrogens is 326 g/mol. The van der Waals surface area contributed by atoms with Crippen molar-refractivity contribution >= 4 is 11.3 Å². The van der Waals surface area contributed by atoms with Gasteiger partial charge in [-0.15, -0.1) is 16.0 Å². The van der Waals surface area contributed by atoms with E-state index in [9.17, 15) is 0 Å². The normalized spacial score (nSPS) is 10.2. The van der Waals surface area contributed by atoms with Gasteiger partial charge < -0.3 is 17.0 Å². The molecule has 0 aliphatic heterocycles. The second-order valence-electron chi connectivity index (χ2n) is 4.01. The lowest BCUT2D eigenvalue weighted by Gasteiger charge is -1.98. The van der Waals surface area contributed by atoms with Crippen molar-refractivity contribution in [3.63, 3.8) is 0 Å². The SMILES string of the molecule is Cc1nc(-c2cccc(-[n+]3cnn[nH]3)c2)sc1C.[Br-]. The van der Waals surface area contributed by atoms with Crippen LogP contribution >= 0.6 is 11.3 Å². The Balaban J connectivity index is 0.00000133. The number of hydrogen-bond donors (Lipinski definition) is 1. The van der Waals surface area contributed by atoms with Gasteiger partial charge in [0.25, 0.3) is 6.33 Å². The van der Waals surface area contributed by atoms with Gasteiger partial charge in [-0.1, -0.05) is 17.3 Å². The summed E-state index contributed by atoms with van der Waals surface area (Å²) in [4.78, 5) is 5.83. The molecule has 0 bridgehead atoms. The van der Waals surface area contributed by atoms with Gasteiger partial charge in [0.1, 0.15) is 15.8 Å². The molecule has 0 amide bonds. The summed E-state index contributed by atoms with van der Waals surface area (Å²) >= 11 is 1.71. The Kier molecular flexibility index (Phi) is 4.06. The minimum atomic E-state index is 0. The smallest absolute Gasteiger partial charge is 0.293 e. The summed E-state index contributed by atoms with van der Waals surface area (Å²) in [6, 6.07) is 8.13. The number of hydrogen-bond acceptors (Lipinski definition) is 4. The van der Waals surface area contributed by atoms with Gasteiger partial charge in [-0.3, -0.25) is 0 Å². The molecule has 2 aromatic heterocycles. The summed E-state index contributed by atoms with van der Waals surface area (Å²) in [6.45, 7) is 4.13. The van der Waals surface area contributed by atoms with E-state index in [0.29, 0.717) is 0 Å². The average molecular weight is 338 g/mol. The molecule has 0 spiro atoms. The molecule has 3 rings (SSSR count). The fraction of sp³-hybridized carbons (Fsp3) is 0.167. The van der Waals surface area contributed by atoms with Crippen LogP contribution < -0.4 is 21.7 Å². The third kappa shape index (κ3) is 2.71. The molecule has 1 N–H and O–H groups in total. The van der Waals surface area contributed by atoms with Crippen molar-refractivity contribution in [3.8, 4) is 16.3 Å². The Morgan fingerprint density at radius 1 is 1.26 bits per heavy atom. The monoisotopic (exact) mass is 337 g/mol. The van der Waals surface area contributed by atoms with Gasteiger partial charge in [-0.25, -0.2) is 4.98 Å².